The fraction of sp³-hybridized carbons (Fsp3) is 0.438. The lowest BCUT2D eigenvalue weighted by molar-refractivity contribution is 0.373. The van der Waals surface area contributed by atoms with Crippen molar-refractivity contribution < 1.29 is 5.11 Å². The lowest BCUT2D eigenvalue weighted by Gasteiger charge is -2.37. The Balaban J connectivity index is 2.02. The van der Waals surface area contributed by atoms with Crippen molar-refractivity contribution in [3.8, 4) is 5.75 Å². The molecular formula is C16H21N3O. The number of nitrogens with zero attached hydrogens (tertiary/aromatic N) is 2. The van der Waals surface area contributed by atoms with Crippen LogP contribution >= 0.6 is 0 Å². The van der Waals surface area contributed by atoms with Gasteiger partial charge >= 0.3 is 0 Å². The number of likely N-dealkylation sites (N-methyl/N-ethyl adjacent to an activating group) is 1. The molecule has 20 heavy (non-hydrogen) atoms. The standard InChI is InChI=1S/C16H21N3O/c1-19(15-5-3-2-4-14(15)17)16-13-10-12(20)7-6-11(13)8-9-18-16/h6-10,14-15,20H,2-5,17H2,1H3. The molecule has 0 aliphatic heterocycles. The van der Waals surface area contributed by atoms with E-state index in [2.05, 4.69) is 16.9 Å². The average molecular weight is 271 g/mol. The third-order valence-electron chi connectivity index (χ3n) is 4.34. The summed E-state index contributed by atoms with van der Waals surface area (Å²) >= 11 is 0. The molecule has 1 aliphatic rings. The first-order chi connectivity index (χ1) is 9.66. The van der Waals surface area contributed by atoms with Crippen LogP contribution in [0.3, 0.4) is 0 Å². The summed E-state index contributed by atoms with van der Waals surface area (Å²) in [6.07, 6.45) is 6.44. The summed E-state index contributed by atoms with van der Waals surface area (Å²) in [5.41, 5.74) is 6.27. The summed E-state index contributed by atoms with van der Waals surface area (Å²) in [6.45, 7) is 0. The fourth-order valence-corrected chi connectivity index (χ4v) is 3.20. The molecule has 2 unspecified atom stereocenters. The minimum absolute atomic E-state index is 0.197. The van der Waals surface area contributed by atoms with Crippen molar-refractivity contribution in [2.45, 2.75) is 37.8 Å². The number of phenolic OH excluding ortho intramolecular Hbond substituents is 1. The summed E-state index contributed by atoms with van der Waals surface area (Å²) < 4.78 is 0. The van der Waals surface area contributed by atoms with Crippen LogP contribution in [0.1, 0.15) is 25.7 Å². The monoisotopic (exact) mass is 271 g/mol. The molecule has 1 saturated carbocycles. The number of nitrogens with two attached hydrogens (primary N) is 1. The van der Waals surface area contributed by atoms with E-state index in [1.165, 1.54) is 12.8 Å². The van der Waals surface area contributed by atoms with E-state index in [9.17, 15) is 5.11 Å². The summed E-state index contributed by atoms with van der Waals surface area (Å²) in [5.74, 6) is 1.17. The number of benzene rings is 1. The Hall–Kier alpha value is -1.81. The normalized spacial score (nSPS) is 22.9. The highest BCUT2D eigenvalue weighted by Crippen LogP contribution is 2.31. The molecule has 1 aromatic heterocycles. The fourth-order valence-electron chi connectivity index (χ4n) is 3.20. The zero-order chi connectivity index (χ0) is 14.1. The molecule has 1 aliphatic carbocycles. The second-order valence-corrected chi connectivity index (χ2v) is 5.67. The SMILES string of the molecule is CN(c1nccc2ccc(O)cc12)C1CCCCC1N. The topological polar surface area (TPSA) is 62.4 Å². The molecule has 1 heterocycles. The Kier molecular flexibility index (Phi) is 3.49. The number of anilines is 1. The van der Waals surface area contributed by atoms with E-state index in [4.69, 9.17) is 5.73 Å². The smallest absolute Gasteiger partial charge is 0.136 e. The van der Waals surface area contributed by atoms with Crippen LogP contribution in [0.15, 0.2) is 30.5 Å². The lowest BCUT2D eigenvalue weighted by Crippen LogP contribution is -2.48. The summed E-state index contributed by atoms with van der Waals surface area (Å²) in [5, 5.41) is 11.8. The Bertz CT molecular complexity index is 614. The first-order valence-electron chi connectivity index (χ1n) is 7.23. The van der Waals surface area contributed by atoms with Crippen molar-refractivity contribution in [3.05, 3.63) is 30.5 Å². The first kappa shape index (κ1) is 13.2. The van der Waals surface area contributed by atoms with Gasteiger partial charge in [-0.15, -0.1) is 0 Å². The van der Waals surface area contributed by atoms with Gasteiger partial charge in [0.1, 0.15) is 11.6 Å². The number of aromatic hydroxyl groups is 1. The highest BCUT2D eigenvalue weighted by atomic mass is 16.3. The van der Waals surface area contributed by atoms with Gasteiger partial charge < -0.3 is 15.7 Å². The Morgan fingerprint density at radius 1 is 1.25 bits per heavy atom. The molecule has 0 spiro atoms. The zero-order valence-corrected chi connectivity index (χ0v) is 11.8. The second kappa shape index (κ2) is 5.29. The van der Waals surface area contributed by atoms with Crippen LogP contribution < -0.4 is 10.6 Å². The predicted octanol–water partition coefficient (Wildman–Crippen LogP) is 2.65. The molecule has 106 valence electrons. The zero-order valence-electron chi connectivity index (χ0n) is 11.8. The molecule has 4 nitrogen and oxygen atoms in total. The average Bonchev–Trinajstić information content (AvgIpc) is 2.46. The molecular weight excluding hydrogens is 250 g/mol. The molecule has 0 bridgehead atoms. The largest absolute Gasteiger partial charge is 0.508 e. The van der Waals surface area contributed by atoms with Gasteiger partial charge in [0.05, 0.1) is 0 Å². The number of hydrogen-bond donors (Lipinski definition) is 2. The van der Waals surface area contributed by atoms with E-state index in [1.807, 2.05) is 18.3 Å². The van der Waals surface area contributed by atoms with Gasteiger partial charge in [-0.3, -0.25) is 0 Å². The van der Waals surface area contributed by atoms with Gasteiger partial charge in [0.15, 0.2) is 0 Å². The third-order valence-corrected chi connectivity index (χ3v) is 4.34. The molecule has 3 N–H and O–H groups in total. The van der Waals surface area contributed by atoms with Crippen LogP contribution in [0.2, 0.25) is 0 Å². The second-order valence-electron chi connectivity index (χ2n) is 5.67. The van der Waals surface area contributed by atoms with Gasteiger partial charge in [0, 0.05) is 30.7 Å². The maximum Gasteiger partial charge on any atom is 0.136 e. The lowest BCUT2D eigenvalue weighted by atomic mass is 9.90. The third kappa shape index (κ3) is 2.31. The van der Waals surface area contributed by atoms with E-state index < -0.39 is 0 Å². The van der Waals surface area contributed by atoms with Crippen molar-refractivity contribution in [1.82, 2.24) is 4.98 Å². The van der Waals surface area contributed by atoms with Crippen molar-refractivity contribution in [3.63, 3.8) is 0 Å². The number of hydrogen-bond acceptors (Lipinski definition) is 4. The van der Waals surface area contributed by atoms with Gasteiger partial charge in [-0.05, 0) is 36.4 Å². The van der Waals surface area contributed by atoms with Crippen LogP contribution in [-0.4, -0.2) is 29.2 Å². The van der Waals surface area contributed by atoms with E-state index in [-0.39, 0.29) is 11.8 Å². The van der Waals surface area contributed by atoms with Crippen LogP contribution in [0.25, 0.3) is 10.8 Å². The number of aromatic nitrogens is 1. The van der Waals surface area contributed by atoms with Crippen molar-refractivity contribution >= 4 is 16.6 Å². The van der Waals surface area contributed by atoms with E-state index in [0.29, 0.717) is 6.04 Å². The number of phenols is 1. The van der Waals surface area contributed by atoms with Crippen LogP contribution in [-0.2, 0) is 0 Å². The van der Waals surface area contributed by atoms with E-state index in [1.54, 1.807) is 12.1 Å². The number of pyridine rings is 1. The molecule has 2 atom stereocenters. The predicted molar refractivity (Wildman–Crippen MR) is 82.0 cm³/mol. The van der Waals surface area contributed by atoms with Gasteiger partial charge in [0.25, 0.3) is 0 Å². The van der Waals surface area contributed by atoms with Gasteiger partial charge in [-0.2, -0.15) is 0 Å². The molecule has 0 amide bonds. The number of rotatable bonds is 2. The molecule has 3 rings (SSSR count). The highest BCUT2D eigenvalue weighted by molar-refractivity contribution is 5.93. The van der Waals surface area contributed by atoms with Crippen LogP contribution in [0.4, 0.5) is 5.82 Å². The molecule has 0 saturated heterocycles. The maximum absolute atomic E-state index is 9.73. The molecule has 2 aromatic rings. The van der Waals surface area contributed by atoms with Gasteiger partial charge in [0.2, 0.25) is 0 Å². The highest BCUT2D eigenvalue weighted by Gasteiger charge is 2.27. The quantitative estimate of drug-likeness (QED) is 0.881. The summed E-state index contributed by atoms with van der Waals surface area (Å²) in [4.78, 5) is 6.70. The van der Waals surface area contributed by atoms with Crippen LogP contribution in [0, 0.1) is 0 Å². The Morgan fingerprint density at radius 2 is 2.05 bits per heavy atom. The van der Waals surface area contributed by atoms with Crippen molar-refractivity contribution in [2.24, 2.45) is 5.73 Å². The Labute approximate surface area is 119 Å². The van der Waals surface area contributed by atoms with E-state index in [0.717, 1.165) is 29.4 Å². The molecule has 0 radical (unpaired) electrons. The first-order valence-corrected chi connectivity index (χ1v) is 7.23. The van der Waals surface area contributed by atoms with Gasteiger partial charge in [-0.25, -0.2) is 4.98 Å². The number of fused-ring (bicyclic) bond motifs is 1. The summed E-state index contributed by atoms with van der Waals surface area (Å²) in [7, 11) is 2.06. The van der Waals surface area contributed by atoms with Gasteiger partial charge in [-0.1, -0.05) is 18.9 Å². The Morgan fingerprint density at radius 3 is 2.85 bits per heavy atom. The van der Waals surface area contributed by atoms with E-state index >= 15 is 0 Å². The minimum atomic E-state index is 0.197. The summed E-state index contributed by atoms with van der Waals surface area (Å²) in [6, 6.07) is 7.89. The molecule has 1 fully saturated rings. The van der Waals surface area contributed by atoms with Crippen molar-refractivity contribution in [1.29, 1.82) is 0 Å². The molecule has 1 aromatic carbocycles. The minimum Gasteiger partial charge on any atom is -0.508 e. The maximum atomic E-state index is 9.73. The molecule has 4 heteroatoms. The van der Waals surface area contributed by atoms with Crippen LogP contribution in [0.5, 0.6) is 5.75 Å². The van der Waals surface area contributed by atoms with Crippen molar-refractivity contribution in [2.75, 3.05) is 11.9 Å².